The molecule has 0 aliphatic heterocycles. The van der Waals surface area contributed by atoms with E-state index in [2.05, 4.69) is 111 Å². The maximum absolute atomic E-state index is 11.6. The molecule has 0 aromatic heterocycles. The highest BCUT2D eigenvalue weighted by molar-refractivity contribution is 7.80. The number of allylic oxidation sites excluding steroid dienone is 4. The zero-order valence-corrected chi connectivity index (χ0v) is 32.6. The number of carbonyl (C=O) groups is 1. The second-order valence-corrected chi connectivity index (χ2v) is 14.7. The normalized spacial score (nSPS) is 12.4. The number of benzene rings is 1. The number of thiol groups is 1. The highest BCUT2D eigenvalue weighted by atomic mass is 32.1. The lowest BCUT2D eigenvalue weighted by Gasteiger charge is -2.30. The van der Waals surface area contributed by atoms with Crippen LogP contribution < -0.4 is 16.0 Å². The van der Waals surface area contributed by atoms with Crippen molar-refractivity contribution in [1.29, 1.82) is 0 Å². The zero-order valence-electron chi connectivity index (χ0n) is 31.8. The van der Waals surface area contributed by atoms with E-state index in [4.69, 9.17) is 0 Å². The average molecular weight is 685 g/mol. The van der Waals surface area contributed by atoms with Crippen molar-refractivity contribution in [1.82, 2.24) is 5.32 Å². The number of anilines is 1. The summed E-state index contributed by atoms with van der Waals surface area (Å²) in [6.07, 6.45) is 36.1. The van der Waals surface area contributed by atoms with Gasteiger partial charge in [0.15, 0.2) is 0 Å². The molecule has 0 aliphatic carbocycles. The Morgan fingerprint density at radius 2 is 1.31 bits per heavy atom. The van der Waals surface area contributed by atoms with Crippen molar-refractivity contribution < 1.29 is 14.6 Å². The maximum Gasteiger partial charge on any atom is 0.220 e. The summed E-state index contributed by atoms with van der Waals surface area (Å²) < 4.78 is 1.12. The molecule has 5 nitrogen and oxygen atoms in total. The van der Waals surface area contributed by atoms with Crippen LogP contribution in [0.25, 0.3) is 6.08 Å². The van der Waals surface area contributed by atoms with Crippen molar-refractivity contribution >= 4 is 30.3 Å². The second-order valence-electron chi connectivity index (χ2n) is 14.3. The number of quaternary nitrogens is 2. The van der Waals surface area contributed by atoms with Gasteiger partial charge in [0.05, 0.1) is 39.9 Å². The van der Waals surface area contributed by atoms with E-state index in [-0.39, 0.29) is 5.91 Å². The molecule has 1 aromatic carbocycles. The summed E-state index contributed by atoms with van der Waals surface area (Å²) >= 11 is 4.11. The van der Waals surface area contributed by atoms with E-state index in [1.54, 1.807) is 0 Å². The highest BCUT2D eigenvalue weighted by Gasteiger charge is 2.13. The molecular formula is C42H76N4OS+2. The van der Waals surface area contributed by atoms with E-state index in [1.807, 2.05) is 0 Å². The fourth-order valence-electron chi connectivity index (χ4n) is 6.03. The summed E-state index contributed by atoms with van der Waals surface area (Å²) in [6.45, 7) is 9.41. The van der Waals surface area contributed by atoms with Crippen LogP contribution >= 0.6 is 12.6 Å². The maximum atomic E-state index is 11.6. The summed E-state index contributed by atoms with van der Waals surface area (Å²) in [6, 6.07) is 8.72. The van der Waals surface area contributed by atoms with Crippen LogP contribution in [-0.2, 0) is 4.79 Å². The fraction of sp³-hybridized carbons (Fsp3) is 0.690. The number of amides is 1. The lowest BCUT2D eigenvalue weighted by atomic mass is 10.0. The molecule has 0 heterocycles. The van der Waals surface area contributed by atoms with E-state index >= 15 is 0 Å². The summed E-state index contributed by atoms with van der Waals surface area (Å²) in [7, 11) is 4.79. The monoisotopic (exact) mass is 685 g/mol. The largest absolute Gasteiger partial charge is 0.385 e. The zero-order chi connectivity index (χ0) is 35.0. The van der Waals surface area contributed by atoms with E-state index in [0.29, 0.717) is 18.7 Å². The molecule has 0 radical (unpaired) electrons. The standard InChI is InChI=1S/C42H74N4OS/c1-5-7-8-9-10-11-12-13-14-15-16-17-18-19-20-21-36-46(3,4)37-23-33-44-41-29-27-40(28-30-41)26-25-39(6-2)31-34-43-32-22-24-42(47)45-35-38-48/h6,25-31,34,43-44H,5,7-24,32-33,35-38H2,1-4H3,(H-,45,47,48)/p+2/b26-25+,34-31-,39-6-. The number of rotatable bonds is 32. The molecule has 0 unspecified atom stereocenters. The van der Waals surface area contributed by atoms with Crippen molar-refractivity contribution in [3.8, 4) is 0 Å². The molecule has 0 fully saturated rings. The van der Waals surface area contributed by atoms with Gasteiger partial charge in [-0.2, -0.15) is 12.6 Å². The van der Waals surface area contributed by atoms with Crippen LogP contribution in [-0.4, -0.2) is 63.0 Å². The lowest BCUT2D eigenvalue weighted by Crippen LogP contribution is -2.78. The Bertz CT molecular complexity index is 986. The molecule has 6 heteroatoms. The van der Waals surface area contributed by atoms with Crippen molar-refractivity contribution in [2.24, 2.45) is 0 Å². The van der Waals surface area contributed by atoms with Gasteiger partial charge in [-0.05, 0) is 49.1 Å². The number of nitrogens with two attached hydrogens (primary N) is 1. The molecule has 0 saturated heterocycles. The quantitative estimate of drug-likeness (QED) is 0.0264. The fourth-order valence-corrected chi connectivity index (χ4v) is 6.14. The predicted octanol–water partition coefficient (Wildman–Crippen LogP) is 9.69. The number of hydrogen-bond donors (Lipinski definition) is 4. The topological polar surface area (TPSA) is 57.7 Å². The van der Waals surface area contributed by atoms with E-state index in [1.165, 1.54) is 139 Å². The van der Waals surface area contributed by atoms with Gasteiger partial charge in [-0.15, -0.1) is 0 Å². The number of unbranched alkanes of at least 4 members (excludes halogenated alkanes) is 15. The highest BCUT2D eigenvalue weighted by Crippen LogP contribution is 2.15. The van der Waals surface area contributed by atoms with Crippen LogP contribution in [0.5, 0.6) is 0 Å². The van der Waals surface area contributed by atoms with Gasteiger partial charge in [0, 0.05) is 43.8 Å². The Morgan fingerprint density at radius 1 is 0.750 bits per heavy atom. The first kappa shape index (κ1) is 44.0. The second kappa shape index (κ2) is 31.0. The third-order valence-corrected chi connectivity index (χ3v) is 9.46. The minimum absolute atomic E-state index is 0.110. The van der Waals surface area contributed by atoms with Crippen LogP contribution in [0.2, 0.25) is 0 Å². The smallest absolute Gasteiger partial charge is 0.220 e. The third kappa shape index (κ3) is 26.9. The molecule has 48 heavy (non-hydrogen) atoms. The first-order valence-electron chi connectivity index (χ1n) is 19.8. The molecule has 0 atom stereocenters. The molecule has 0 aliphatic rings. The van der Waals surface area contributed by atoms with E-state index < -0.39 is 0 Å². The van der Waals surface area contributed by atoms with Gasteiger partial charge < -0.3 is 20.4 Å². The summed E-state index contributed by atoms with van der Waals surface area (Å²) in [4.78, 5) is 11.6. The number of carbonyl (C=O) groups excluding carboxylic acids is 1. The molecule has 1 amide bonds. The van der Waals surface area contributed by atoms with Gasteiger partial charge in [-0.1, -0.05) is 127 Å². The first-order valence-corrected chi connectivity index (χ1v) is 20.4. The average Bonchev–Trinajstić information content (AvgIpc) is 3.08. The summed E-state index contributed by atoms with van der Waals surface area (Å²) in [5, 5.41) is 8.60. The molecule has 0 bridgehead atoms. The van der Waals surface area contributed by atoms with Gasteiger partial charge >= 0.3 is 0 Å². The molecule has 0 saturated carbocycles. The molecule has 1 rings (SSSR count). The number of nitrogens with zero attached hydrogens (tertiary/aromatic N) is 1. The van der Waals surface area contributed by atoms with Crippen molar-refractivity contribution in [2.75, 3.05) is 57.9 Å². The minimum atomic E-state index is 0.110. The Kier molecular flexibility index (Phi) is 28.4. The van der Waals surface area contributed by atoms with Crippen molar-refractivity contribution in [2.45, 2.75) is 136 Å². The molecule has 1 aromatic rings. The van der Waals surface area contributed by atoms with Gasteiger partial charge in [0.1, 0.15) is 0 Å². The van der Waals surface area contributed by atoms with Crippen LogP contribution in [0.3, 0.4) is 0 Å². The van der Waals surface area contributed by atoms with E-state index in [9.17, 15) is 4.79 Å². The molecule has 274 valence electrons. The Balaban J connectivity index is 2.09. The van der Waals surface area contributed by atoms with Crippen molar-refractivity contribution in [3.63, 3.8) is 0 Å². The Labute approximate surface area is 302 Å². The van der Waals surface area contributed by atoms with E-state index in [0.717, 1.165) is 24.0 Å². The summed E-state index contributed by atoms with van der Waals surface area (Å²) in [5.41, 5.74) is 3.55. The van der Waals surface area contributed by atoms with Crippen LogP contribution in [0.15, 0.2) is 54.3 Å². The van der Waals surface area contributed by atoms with Crippen molar-refractivity contribution in [3.05, 3.63) is 59.8 Å². The van der Waals surface area contributed by atoms with Gasteiger partial charge in [0.2, 0.25) is 5.91 Å². The lowest BCUT2D eigenvalue weighted by molar-refractivity contribution is -0.890. The van der Waals surface area contributed by atoms with Gasteiger partial charge in [-0.3, -0.25) is 4.79 Å². The summed E-state index contributed by atoms with van der Waals surface area (Å²) in [5.74, 6) is 0.790. The molecule has 4 N–H and O–H groups in total. The van der Waals surface area contributed by atoms with Gasteiger partial charge in [0.25, 0.3) is 0 Å². The Hall–Kier alpha value is -2.02. The van der Waals surface area contributed by atoms with Crippen LogP contribution in [0, 0.1) is 0 Å². The first-order chi connectivity index (χ1) is 23.4. The minimum Gasteiger partial charge on any atom is -0.385 e. The number of hydrogen-bond acceptors (Lipinski definition) is 3. The molecule has 0 spiro atoms. The molecular weight excluding hydrogens is 609 g/mol. The van der Waals surface area contributed by atoms with Gasteiger partial charge in [-0.25, -0.2) is 0 Å². The van der Waals surface area contributed by atoms with Crippen LogP contribution in [0.4, 0.5) is 5.69 Å². The third-order valence-electron chi connectivity index (χ3n) is 9.23. The Morgan fingerprint density at radius 3 is 1.88 bits per heavy atom. The number of nitrogens with one attached hydrogen (secondary N) is 2. The SMILES string of the molecule is C/C=C(\C=C/[NH2+]CCCC(=O)NCCS)/C=C/c1ccc(NCCC[N+](C)(C)CCCCCCCCCCCCCCCCCC)cc1. The predicted molar refractivity (Wildman–Crippen MR) is 216 cm³/mol. The van der Waals surface area contributed by atoms with Crippen LogP contribution in [0.1, 0.15) is 141 Å².